The van der Waals surface area contributed by atoms with Crippen LogP contribution in [-0.2, 0) is 0 Å². The van der Waals surface area contributed by atoms with Crippen LogP contribution in [0.4, 0.5) is 0 Å². The highest BCUT2D eigenvalue weighted by molar-refractivity contribution is 5.92. The van der Waals surface area contributed by atoms with Gasteiger partial charge in [-0.3, -0.25) is 9.69 Å². The number of aromatic nitrogens is 1. The van der Waals surface area contributed by atoms with E-state index in [0.29, 0.717) is 17.7 Å². The van der Waals surface area contributed by atoms with Gasteiger partial charge in [0.05, 0.1) is 0 Å². The molecule has 3 heterocycles. The number of carbonyl (C=O) groups is 1. The first-order valence-corrected chi connectivity index (χ1v) is 8.02. The van der Waals surface area contributed by atoms with Crippen molar-refractivity contribution in [2.45, 2.75) is 31.2 Å². The third kappa shape index (κ3) is 2.70. The molecule has 1 aromatic rings. The second-order valence-electron chi connectivity index (χ2n) is 6.37. The first-order chi connectivity index (χ1) is 10.3. The van der Waals surface area contributed by atoms with Crippen molar-refractivity contribution in [2.24, 2.45) is 0 Å². The van der Waals surface area contributed by atoms with Crippen LogP contribution < -0.4 is 5.32 Å². The zero-order valence-corrected chi connectivity index (χ0v) is 12.3. The number of piperazine rings is 1. The molecule has 6 heteroatoms. The zero-order valence-electron chi connectivity index (χ0n) is 12.3. The van der Waals surface area contributed by atoms with Gasteiger partial charge < -0.3 is 14.7 Å². The molecular weight excluding hydrogens is 268 g/mol. The molecule has 1 saturated carbocycles. The largest absolute Gasteiger partial charge is 0.360 e. The van der Waals surface area contributed by atoms with Crippen LogP contribution in [0.2, 0.25) is 0 Å². The summed E-state index contributed by atoms with van der Waals surface area (Å²) in [6.07, 6.45) is 3.40. The van der Waals surface area contributed by atoms with Crippen LogP contribution in [0.5, 0.6) is 0 Å². The van der Waals surface area contributed by atoms with Gasteiger partial charge in [-0.15, -0.1) is 0 Å². The van der Waals surface area contributed by atoms with Crippen molar-refractivity contribution in [3.63, 3.8) is 0 Å². The summed E-state index contributed by atoms with van der Waals surface area (Å²) in [7, 11) is 0. The van der Waals surface area contributed by atoms with Crippen LogP contribution in [0.3, 0.4) is 0 Å². The van der Waals surface area contributed by atoms with Crippen LogP contribution in [0, 0.1) is 0 Å². The Kier molecular flexibility index (Phi) is 3.43. The number of likely N-dealkylation sites (tertiary alicyclic amines) is 1. The molecule has 1 aliphatic carbocycles. The number of amides is 1. The summed E-state index contributed by atoms with van der Waals surface area (Å²) in [4.78, 5) is 16.9. The van der Waals surface area contributed by atoms with Gasteiger partial charge in [0.15, 0.2) is 5.69 Å². The SMILES string of the molecule is O=C(c1cc(C2CC2)on1)N1CCC(N2CCNCC2)C1. The minimum atomic E-state index is 0.0308. The second kappa shape index (κ2) is 5.42. The standard InChI is InChI=1S/C15H22N4O2/c20-15(13-9-14(21-17-13)11-1-2-11)19-6-3-12(10-19)18-7-4-16-5-8-18/h9,11-12,16H,1-8,10H2. The van der Waals surface area contributed by atoms with E-state index in [9.17, 15) is 4.79 Å². The van der Waals surface area contributed by atoms with Gasteiger partial charge in [-0.1, -0.05) is 5.16 Å². The van der Waals surface area contributed by atoms with Crippen molar-refractivity contribution in [3.05, 3.63) is 17.5 Å². The summed E-state index contributed by atoms with van der Waals surface area (Å²) >= 11 is 0. The number of rotatable bonds is 3. The van der Waals surface area contributed by atoms with E-state index in [2.05, 4.69) is 15.4 Å². The molecule has 21 heavy (non-hydrogen) atoms. The van der Waals surface area contributed by atoms with E-state index < -0.39 is 0 Å². The first-order valence-electron chi connectivity index (χ1n) is 8.02. The summed E-state index contributed by atoms with van der Waals surface area (Å²) in [5.41, 5.74) is 0.484. The Morgan fingerprint density at radius 3 is 2.81 bits per heavy atom. The number of nitrogens with one attached hydrogen (secondary N) is 1. The smallest absolute Gasteiger partial charge is 0.276 e. The third-order valence-corrected chi connectivity index (χ3v) is 4.85. The summed E-state index contributed by atoms with van der Waals surface area (Å²) in [5.74, 6) is 1.42. The van der Waals surface area contributed by atoms with E-state index in [1.807, 2.05) is 11.0 Å². The molecule has 0 bridgehead atoms. The highest BCUT2D eigenvalue weighted by Gasteiger charge is 2.34. The molecule has 2 saturated heterocycles. The number of carbonyl (C=O) groups excluding carboxylic acids is 1. The van der Waals surface area contributed by atoms with Gasteiger partial charge >= 0.3 is 0 Å². The molecule has 4 rings (SSSR count). The molecule has 1 atom stereocenters. The molecule has 1 aromatic heterocycles. The average molecular weight is 290 g/mol. The van der Waals surface area contributed by atoms with E-state index in [1.165, 1.54) is 0 Å². The van der Waals surface area contributed by atoms with Crippen molar-refractivity contribution >= 4 is 5.91 Å². The summed E-state index contributed by atoms with van der Waals surface area (Å²) in [5, 5.41) is 7.34. The molecule has 0 aromatic carbocycles. The Bertz CT molecular complexity index is 519. The lowest BCUT2D eigenvalue weighted by Crippen LogP contribution is -2.49. The van der Waals surface area contributed by atoms with Crippen molar-refractivity contribution in [2.75, 3.05) is 39.3 Å². The van der Waals surface area contributed by atoms with Crippen molar-refractivity contribution in [3.8, 4) is 0 Å². The van der Waals surface area contributed by atoms with Crippen molar-refractivity contribution < 1.29 is 9.32 Å². The molecule has 3 aliphatic rings. The molecule has 6 nitrogen and oxygen atoms in total. The lowest BCUT2D eigenvalue weighted by molar-refractivity contribution is 0.0763. The average Bonchev–Trinajstić information content (AvgIpc) is 3.06. The quantitative estimate of drug-likeness (QED) is 0.886. The Hall–Kier alpha value is -1.40. The summed E-state index contributed by atoms with van der Waals surface area (Å²) in [6, 6.07) is 2.35. The van der Waals surface area contributed by atoms with E-state index >= 15 is 0 Å². The van der Waals surface area contributed by atoms with Crippen LogP contribution in [0.25, 0.3) is 0 Å². The monoisotopic (exact) mass is 290 g/mol. The molecule has 114 valence electrons. The molecule has 1 unspecified atom stereocenters. The van der Waals surface area contributed by atoms with E-state index in [4.69, 9.17) is 4.52 Å². The minimum Gasteiger partial charge on any atom is -0.360 e. The molecule has 3 fully saturated rings. The van der Waals surface area contributed by atoms with Gasteiger partial charge in [0.1, 0.15) is 5.76 Å². The maximum Gasteiger partial charge on any atom is 0.276 e. The maximum atomic E-state index is 12.5. The summed E-state index contributed by atoms with van der Waals surface area (Å²) < 4.78 is 5.30. The van der Waals surface area contributed by atoms with Crippen molar-refractivity contribution in [1.82, 2.24) is 20.3 Å². The summed E-state index contributed by atoms with van der Waals surface area (Å²) in [6.45, 7) is 5.94. The van der Waals surface area contributed by atoms with Gasteiger partial charge in [-0.25, -0.2) is 0 Å². The fourth-order valence-electron chi connectivity index (χ4n) is 3.38. The predicted molar refractivity (Wildman–Crippen MR) is 77.2 cm³/mol. The molecule has 1 amide bonds. The van der Waals surface area contributed by atoms with Crippen LogP contribution >= 0.6 is 0 Å². The second-order valence-corrected chi connectivity index (χ2v) is 6.37. The zero-order chi connectivity index (χ0) is 14.2. The van der Waals surface area contributed by atoms with Crippen LogP contribution in [-0.4, -0.2) is 66.2 Å². The van der Waals surface area contributed by atoms with E-state index in [-0.39, 0.29) is 5.91 Å². The minimum absolute atomic E-state index is 0.0308. The van der Waals surface area contributed by atoms with Gasteiger partial charge in [-0.05, 0) is 19.3 Å². The highest BCUT2D eigenvalue weighted by atomic mass is 16.5. The van der Waals surface area contributed by atoms with Crippen LogP contribution in [0.1, 0.15) is 41.4 Å². The lowest BCUT2D eigenvalue weighted by Gasteiger charge is -2.32. The van der Waals surface area contributed by atoms with Gasteiger partial charge in [0, 0.05) is 57.3 Å². The molecule has 2 aliphatic heterocycles. The molecular formula is C15H22N4O2. The van der Waals surface area contributed by atoms with Crippen molar-refractivity contribution in [1.29, 1.82) is 0 Å². The molecule has 1 N–H and O–H groups in total. The van der Waals surface area contributed by atoms with E-state index in [1.54, 1.807) is 0 Å². The third-order valence-electron chi connectivity index (χ3n) is 4.85. The predicted octanol–water partition coefficient (Wildman–Crippen LogP) is 0.672. The number of nitrogens with zero attached hydrogens (tertiary/aromatic N) is 3. The topological polar surface area (TPSA) is 61.6 Å². The molecule has 0 radical (unpaired) electrons. The number of hydrogen-bond donors (Lipinski definition) is 1. The van der Waals surface area contributed by atoms with Gasteiger partial charge in [0.2, 0.25) is 0 Å². The Morgan fingerprint density at radius 2 is 2.05 bits per heavy atom. The normalized spacial score (nSPS) is 27.2. The maximum absolute atomic E-state index is 12.5. The van der Waals surface area contributed by atoms with E-state index in [0.717, 1.165) is 64.3 Å². The Balaban J connectivity index is 1.38. The first kappa shape index (κ1) is 13.3. The number of hydrogen-bond acceptors (Lipinski definition) is 5. The van der Waals surface area contributed by atoms with Gasteiger partial charge in [-0.2, -0.15) is 0 Å². The van der Waals surface area contributed by atoms with Gasteiger partial charge in [0.25, 0.3) is 5.91 Å². The van der Waals surface area contributed by atoms with Crippen LogP contribution in [0.15, 0.2) is 10.6 Å². The molecule has 0 spiro atoms. The lowest BCUT2D eigenvalue weighted by atomic mass is 10.2. The fraction of sp³-hybridized carbons (Fsp3) is 0.733. The Morgan fingerprint density at radius 1 is 1.24 bits per heavy atom. The Labute approximate surface area is 124 Å². The highest BCUT2D eigenvalue weighted by Crippen LogP contribution is 2.40. The fourth-order valence-corrected chi connectivity index (χ4v) is 3.38.